The van der Waals surface area contributed by atoms with Crippen LogP contribution in [0.15, 0.2) is 12.1 Å². The molecule has 0 spiro atoms. The normalized spacial score (nSPS) is 16.6. The summed E-state index contributed by atoms with van der Waals surface area (Å²) in [5.41, 5.74) is 5.10. The largest absolute Gasteiger partial charge is 0.461 e. The van der Waals surface area contributed by atoms with E-state index < -0.39 is 24.1 Å². The number of alkyl halides is 2. The van der Waals surface area contributed by atoms with Crippen LogP contribution in [0.4, 0.5) is 24.7 Å². The Labute approximate surface area is 187 Å². The Morgan fingerprint density at radius 1 is 1.16 bits per heavy atom. The van der Waals surface area contributed by atoms with Gasteiger partial charge < -0.3 is 18.9 Å². The zero-order valence-corrected chi connectivity index (χ0v) is 17.9. The van der Waals surface area contributed by atoms with Crippen molar-refractivity contribution in [2.24, 2.45) is 0 Å². The number of hydrogen-bond donors (Lipinski definition) is 2. The summed E-state index contributed by atoms with van der Waals surface area (Å²) in [4.78, 5) is 8.27. The van der Waals surface area contributed by atoms with E-state index in [1.807, 2.05) is 0 Å². The number of hydrogen-bond acceptors (Lipinski definition) is 8. The van der Waals surface area contributed by atoms with Crippen LogP contribution in [0.5, 0.6) is 6.01 Å². The number of methoxy groups -OCH3 is 1. The van der Waals surface area contributed by atoms with Crippen molar-refractivity contribution in [3.05, 3.63) is 39.8 Å². The molecule has 0 amide bonds. The average molecular weight is 475 g/mol. The van der Waals surface area contributed by atoms with Crippen LogP contribution in [-0.4, -0.2) is 43.5 Å². The Morgan fingerprint density at radius 2 is 1.91 bits per heavy atom. The molecule has 1 aromatic heterocycles. The Balaban J connectivity index is 1.62. The molecule has 2 fully saturated rings. The van der Waals surface area contributed by atoms with Crippen LogP contribution in [0.1, 0.15) is 48.2 Å². The maximum absolute atomic E-state index is 14.7. The summed E-state index contributed by atoms with van der Waals surface area (Å²) in [6.45, 7) is 1.09. The van der Waals surface area contributed by atoms with Crippen molar-refractivity contribution in [1.29, 1.82) is 0 Å². The lowest BCUT2D eigenvalue weighted by atomic mass is 10.0. The molecule has 0 unspecified atom stereocenters. The molecule has 0 atom stereocenters. The number of anilines is 2. The average Bonchev–Trinajstić information content (AvgIpc) is 3.47. The van der Waals surface area contributed by atoms with E-state index in [0.717, 1.165) is 12.8 Å². The van der Waals surface area contributed by atoms with Crippen LogP contribution in [-0.2, 0) is 14.2 Å². The number of nitrogens with zero attached hydrogens (tertiary/aromatic N) is 2. The molecule has 1 aliphatic carbocycles. The second-order valence-electron chi connectivity index (χ2n) is 7.27. The van der Waals surface area contributed by atoms with E-state index in [0.29, 0.717) is 18.8 Å². The van der Waals surface area contributed by atoms with E-state index in [4.69, 9.17) is 30.5 Å². The molecule has 0 radical (unpaired) electrons. The van der Waals surface area contributed by atoms with Gasteiger partial charge >= 0.3 is 6.01 Å². The number of nitrogens with one attached hydrogen (secondary N) is 2. The van der Waals surface area contributed by atoms with Crippen LogP contribution >= 0.6 is 11.6 Å². The summed E-state index contributed by atoms with van der Waals surface area (Å²) in [7, 11) is 1.51. The molecule has 1 saturated heterocycles. The van der Waals surface area contributed by atoms with Crippen LogP contribution in [0, 0.1) is 5.82 Å². The molecular formula is C20H22ClF3N4O4. The molecule has 4 rings (SSSR count). The third-order valence-corrected chi connectivity index (χ3v) is 5.28. The number of aromatic nitrogens is 2. The van der Waals surface area contributed by atoms with Crippen LogP contribution < -0.4 is 15.6 Å². The first-order valence-electron chi connectivity index (χ1n) is 10.0. The molecule has 2 heterocycles. The van der Waals surface area contributed by atoms with E-state index in [1.54, 1.807) is 0 Å². The van der Waals surface area contributed by atoms with Gasteiger partial charge in [-0.3, -0.25) is 10.9 Å². The third-order valence-electron chi connectivity index (χ3n) is 4.99. The minimum absolute atomic E-state index is 0.0257. The molecule has 174 valence electrons. The third kappa shape index (κ3) is 5.17. The zero-order chi connectivity index (χ0) is 22.7. The minimum atomic E-state index is -2.88. The number of rotatable bonds is 10. The van der Waals surface area contributed by atoms with Crippen molar-refractivity contribution in [3.63, 3.8) is 0 Å². The van der Waals surface area contributed by atoms with Crippen molar-refractivity contribution in [2.45, 2.75) is 31.5 Å². The Hall–Kier alpha value is -2.34. The van der Waals surface area contributed by atoms with Crippen molar-refractivity contribution >= 4 is 23.1 Å². The highest BCUT2D eigenvalue weighted by molar-refractivity contribution is 6.30. The SMILES string of the molecule is COCCOc1nc(Cl)c(C2OCCO2)c(NNc2c(F)cc(C3CC3)cc2C(F)F)n1. The van der Waals surface area contributed by atoms with Crippen LogP contribution in [0.25, 0.3) is 0 Å². The first-order chi connectivity index (χ1) is 15.5. The molecule has 2 aliphatic rings. The fraction of sp³-hybridized carbons (Fsp3) is 0.500. The number of benzene rings is 1. The van der Waals surface area contributed by atoms with Gasteiger partial charge in [0, 0.05) is 12.7 Å². The van der Waals surface area contributed by atoms with Gasteiger partial charge in [0.2, 0.25) is 0 Å². The van der Waals surface area contributed by atoms with Gasteiger partial charge in [0.15, 0.2) is 12.1 Å². The lowest BCUT2D eigenvalue weighted by molar-refractivity contribution is -0.0439. The van der Waals surface area contributed by atoms with Crippen molar-refractivity contribution in [2.75, 3.05) is 44.4 Å². The smallest absolute Gasteiger partial charge is 0.319 e. The minimum Gasteiger partial charge on any atom is -0.461 e. The lowest BCUT2D eigenvalue weighted by Gasteiger charge is -2.20. The molecule has 2 N–H and O–H groups in total. The Bertz CT molecular complexity index is 959. The lowest BCUT2D eigenvalue weighted by Crippen LogP contribution is -2.18. The van der Waals surface area contributed by atoms with E-state index in [1.165, 1.54) is 19.2 Å². The fourth-order valence-corrected chi connectivity index (χ4v) is 3.51. The van der Waals surface area contributed by atoms with Gasteiger partial charge in [-0.1, -0.05) is 11.6 Å². The summed E-state index contributed by atoms with van der Waals surface area (Å²) >= 11 is 6.30. The molecule has 1 aliphatic heterocycles. The number of ether oxygens (including phenoxy) is 4. The fourth-order valence-electron chi connectivity index (χ4n) is 3.26. The van der Waals surface area contributed by atoms with Gasteiger partial charge in [0.05, 0.1) is 31.1 Å². The van der Waals surface area contributed by atoms with E-state index >= 15 is 0 Å². The molecule has 32 heavy (non-hydrogen) atoms. The van der Waals surface area contributed by atoms with E-state index in [-0.39, 0.29) is 47.4 Å². The second-order valence-corrected chi connectivity index (χ2v) is 7.62. The molecule has 1 aromatic carbocycles. The van der Waals surface area contributed by atoms with Gasteiger partial charge in [0.1, 0.15) is 17.6 Å². The first kappa shape index (κ1) is 22.8. The Morgan fingerprint density at radius 3 is 2.56 bits per heavy atom. The van der Waals surface area contributed by atoms with Crippen molar-refractivity contribution in [1.82, 2.24) is 9.97 Å². The number of hydrazine groups is 1. The predicted molar refractivity (Wildman–Crippen MR) is 110 cm³/mol. The van der Waals surface area contributed by atoms with E-state index in [9.17, 15) is 13.2 Å². The maximum atomic E-state index is 14.7. The highest BCUT2D eigenvalue weighted by atomic mass is 35.5. The standard InChI is InChI=1S/C20H22ClF3N4O4/c1-29-4-5-32-20-25-16(21)14(19-30-6-7-31-19)18(26-20)28-27-15-12(17(23)24)8-11(9-13(15)22)10-2-3-10/h8-10,17,19,27H,2-7H2,1H3,(H,25,26,28). The predicted octanol–water partition coefficient (Wildman–Crippen LogP) is 4.59. The van der Waals surface area contributed by atoms with Gasteiger partial charge in [-0.15, -0.1) is 0 Å². The quantitative estimate of drug-likeness (QED) is 0.294. The summed E-state index contributed by atoms with van der Waals surface area (Å²) in [6, 6.07) is 2.51. The maximum Gasteiger partial charge on any atom is 0.319 e. The molecule has 12 heteroatoms. The van der Waals surface area contributed by atoms with Crippen LogP contribution in [0.3, 0.4) is 0 Å². The monoisotopic (exact) mass is 474 g/mol. The molecule has 8 nitrogen and oxygen atoms in total. The van der Waals surface area contributed by atoms with Crippen molar-refractivity contribution < 1.29 is 32.1 Å². The van der Waals surface area contributed by atoms with Gasteiger partial charge in [0.25, 0.3) is 6.43 Å². The summed E-state index contributed by atoms with van der Waals surface area (Å²) in [5.74, 6) is -0.640. The summed E-state index contributed by atoms with van der Waals surface area (Å²) in [6.07, 6.45) is -2.03. The summed E-state index contributed by atoms with van der Waals surface area (Å²) in [5, 5.41) is -0.0257. The molecular weight excluding hydrogens is 453 g/mol. The molecule has 1 saturated carbocycles. The molecule has 2 aromatic rings. The first-order valence-corrected chi connectivity index (χ1v) is 10.4. The second kappa shape index (κ2) is 10.1. The highest BCUT2D eigenvalue weighted by Crippen LogP contribution is 2.43. The van der Waals surface area contributed by atoms with E-state index in [2.05, 4.69) is 20.8 Å². The van der Waals surface area contributed by atoms with Gasteiger partial charge in [-0.05, 0) is 36.5 Å². The number of halogens is 4. The Kier molecular flexibility index (Phi) is 7.19. The summed E-state index contributed by atoms with van der Waals surface area (Å²) < 4.78 is 63.4. The van der Waals surface area contributed by atoms with Crippen LogP contribution in [0.2, 0.25) is 5.15 Å². The topological polar surface area (TPSA) is 86.8 Å². The highest BCUT2D eigenvalue weighted by Gasteiger charge is 2.30. The van der Waals surface area contributed by atoms with Gasteiger partial charge in [-0.25, -0.2) is 13.2 Å². The molecule has 0 bridgehead atoms. The van der Waals surface area contributed by atoms with Gasteiger partial charge in [-0.2, -0.15) is 9.97 Å². The zero-order valence-electron chi connectivity index (χ0n) is 17.2. The van der Waals surface area contributed by atoms with Crippen molar-refractivity contribution in [3.8, 4) is 6.01 Å².